The molecule has 0 aromatic rings. The van der Waals surface area contributed by atoms with E-state index in [1.807, 2.05) is 0 Å². The Morgan fingerprint density at radius 2 is 2.31 bits per heavy atom. The van der Waals surface area contributed by atoms with Crippen molar-refractivity contribution >= 4 is 11.9 Å². The monoisotopic (exact) mass is 185 g/mol. The first kappa shape index (κ1) is 10.0. The number of carboxylic acids is 1. The van der Waals surface area contributed by atoms with Crippen LogP contribution in [0.15, 0.2) is 0 Å². The smallest absolute Gasteiger partial charge is 0.308 e. The van der Waals surface area contributed by atoms with Gasteiger partial charge in [-0.1, -0.05) is 6.92 Å². The Morgan fingerprint density at radius 1 is 1.62 bits per heavy atom. The number of aliphatic carboxylic acids is 1. The van der Waals surface area contributed by atoms with Gasteiger partial charge in [-0.25, -0.2) is 0 Å². The van der Waals surface area contributed by atoms with Crippen LogP contribution in [-0.2, 0) is 9.59 Å². The Morgan fingerprint density at radius 3 is 2.85 bits per heavy atom. The summed E-state index contributed by atoms with van der Waals surface area (Å²) in [6.07, 6.45) is 2.52. The molecule has 1 aliphatic heterocycles. The Balaban J connectivity index is 2.42. The van der Waals surface area contributed by atoms with Gasteiger partial charge in [-0.2, -0.15) is 0 Å². The Kier molecular flexibility index (Phi) is 3.28. The molecule has 0 aromatic heterocycles. The van der Waals surface area contributed by atoms with Crippen LogP contribution in [-0.4, -0.2) is 35.0 Å². The van der Waals surface area contributed by atoms with Crippen LogP contribution < -0.4 is 0 Å². The fraction of sp³-hybridized carbons (Fsp3) is 0.778. The predicted octanol–water partition coefficient (Wildman–Crippen LogP) is 0.720. The standard InChI is InChI=1S/C9H15NO3/c1-7(9(12)13)6-10-5-3-2-4-8(10)11/h7H,2-6H2,1H3,(H,12,13). The SMILES string of the molecule is CC(CN1CCCCC1=O)C(=O)O. The van der Waals surface area contributed by atoms with Gasteiger partial charge in [0.25, 0.3) is 0 Å². The molecule has 0 saturated carbocycles. The number of carboxylic acid groups (broad SMARTS) is 1. The van der Waals surface area contributed by atoms with Crippen LogP contribution >= 0.6 is 0 Å². The predicted molar refractivity (Wildman–Crippen MR) is 47.2 cm³/mol. The second-order valence-electron chi connectivity index (χ2n) is 3.54. The average Bonchev–Trinajstić information content (AvgIpc) is 2.08. The zero-order valence-electron chi connectivity index (χ0n) is 7.82. The molecule has 4 heteroatoms. The highest BCUT2D eigenvalue weighted by Crippen LogP contribution is 2.12. The molecule has 1 N–H and O–H groups in total. The van der Waals surface area contributed by atoms with Crippen molar-refractivity contribution < 1.29 is 14.7 Å². The normalized spacial score (nSPS) is 20.1. The van der Waals surface area contributed by atoms with E-state index in [0.29, 0.717) is 13.0 Å². The summed E-state index contributed by atoms with van der Waals surface area (Å²) < 4.78 is 0. The summed E-state index contributed by atoms with van der Waals surface area (Å²) in [5.74, 6) is -1.19. The molecule has 0 aliphatic carbocycles. The first-order valence-electron chi connectivity index (χ1n) is 4.62. The Bertz CT molecular complexity index is 215. The molecule has 1 unspecified atom stereocenters. The summed E-state index contributed by atoms with van der Waals surface area (Å²) >= 11 is 0. The lowest BCUT2D eigenvalue weighted by Gasteiger charge is -2.27. The number of amides is 1. The van der Waals surface area contributed by atoms with Crippen molar-refractivity contribution in [3.63, 3.8) is 0 Å². The van der Waals surface area contributed by atoms with Crippen LogP contribution in [0.2, 0.25) is 0 Å². The largest absolute Gasteiger partial charge is 0.481 e. The van der Waals surface area contributed by atoms with Crippen LogP contribution in [0.5, 0.6) is 0 Å². The number of piperidine rings is 1. The molecule has 1 amide bonds. The molecular weight excluding hydrogens is 170 g/mol. The molecule has 1 aliphatic rings. The molecule has 4 nitrogen and oxygen atoms in total. The van der Waals surface area contributed by atoms with Gasteiger partial charge in [-0.15, -0.1) is 0 Å². The third kappa shape index (κ3) is 2.72. The zero-order valence-corrected chi connectivity index (χ0v) is 7.82. The minimum absolute atomic E-state index is 0.0966. The van der Waals surface area contributed by atoms with Gasteiger partial charge < -0.3 is 10.0 Å². The lowest BCUT2D eigenvalue weighted by atomic mass is 10.1. The average molecular weight is 185 g/mol. The highest BCUT2D eigenvalue weighted by Gasteiger charge is 2.22. The quantitative estimate of drug-likeness (QED) is 0.704. The summed E-state index contributed by atoms with van der Waals surface area (Å²) in [5.41, 5.74) is 0. The van der Waals surface area contributed by atoms with Crippen LogP contribution in [0.1, 0.15) is 26.2 Å². The zero-order chi connectivity index (χ0) is 9.84. The van der Waals surface area contributed by atoms with Crippen molar-refractivity contribution in [2.24, 2.45) is 5.92 Å². The lowest BCUT2D eigenvalue weighted by Crippen LogP contribution is -2.39. The number of carbonyl (C=O) groups excluding carboxylic acids is 1. The third-order valence-corrected chi connectivity index (χ3v) is 2.34. The molecule has 0 radical (unpaired) electrons. The molecule has 1 saturated heterocycles. The number of nitrogens with zero attached hydrogens (tertiary/aromatic N) is 1. The van der Waals surface area contributed by atoms with Crippen LogP contribution in [0.25, 0.3) is 0 Å². The van der Waals surface area contributed by atoms with E-state index in [1.165, 1.54) is 0 Å². The summed E-state index contributed by atoms with van der Waals surface area (Å²) in [6, 6.07) is 0. The van der Waals surface area contributed by atoms with Gasteiger partial charge in [0.15, 0.2) is 0 Å². The molecule has 1 rings (SSSR count). The minimum atomic E-state index is -0.835. The van der Waals surface area contributed by atoms with Gasteiger partial charge in [0, 0.05) is 19.5 Å². The maximum absolute atomic E-state index is 11.3. The second kappa shape index (κ2) is 4.25. The number of likely N-dealkylation sites (tertiary alicyclic amines) is 1. The van der Waals surface area contributed by atoms with E-state index < -0.39 is 11.9 Å². The van der Waals surface area contributed by atoms with Gasteiger partial charge >= 0.3 is 5.97 Å². The topological polar surface area (TPSA) is 57.6 Å². The van der Waals surface area contributed by atoms with E-state index in [1.54, 1.807) is 11.8 Å². The lowest BCUT2D eigenvalue weighted by molar-refractivity contribution is -0.143. The first-order valence-corrected chi connectivity index (χ1v) is 4.62. The molecule has 13 heavy (non-hydrogen) atoms. The van der Waals surface area contributed by atoms with Crippen molar-refractivity contribution in [1.29, 1.82) is 0 Å². The summed E-state index contributed by atoms with van der Waals surface area (Å²) in [6.45, 7) is 2.70. The Hall–Kier alpha value is -1.06. The highest BCUT2D eigenvalue weighted by atomic mass is 16.4. The summed E-state index contributed by atoms with van der Waals surface area (Å²) in [7, 11) is 0. The van der Waals surface area contributed by atoms with Crippen LogP contribution in [0.4, 0.5) is 0 Å². The molecule has 1 atom stereocenters. The molecule has 0 spiro atoms. The number of rotatable bonds is 3. The fourth-order valence-corrected chi connectivity index (χ4v) is 1.46. The van der Waals surface area contributed by atoms with Crippen molar-refractivity contribution in [3.05, 3.63) is 0 Å². The van der Waals surface area contributed by atoms with Gasteiger partial charge in [0.1, 0.15) is 0 Å². The van der Waals surface area contributed by atoms with Crippen molar-refractivity contribution in [3.8, 4) is 0 Å². The van der Waals surface area contributed by atoms with Crippen LogP contribution in [0, 0.1) is 5.92 Å². The summed E-state index contributed by atoms with van der Waals surface area (Å²) in [4.78, 5) is 23.5. The van der Waals surface area contributed by atoms with Gasteiger partial charge in [0.05, 0.1) is 5.92 Å². The molecule has 1 heterocycles. The molecular formula is C9H15NO3. The van der Waals surface area contributed by atoms with E-state index in [9.17, 15) is 9.59 Å². The fourth-order valence-electron chi connectivity index (χ4n) is 1.46. The third-order valence-electron chi connectivity index (χ3n) is 2.34. The van der Waals surface area contributed by atoms with Gasteiger partial charge in [-0.05, 0) is 12.8 Å². The molecule has 0 aromatic carbocycles. The first-order chi connectivity index (χ1) is 6.11. The van der Waals surface area contributed by atoms with Crippen LogP contribution in [0.3, 0.4) is 0 Å². The maximum atomic E-state index is 11.3. The van der Waals surface area contributed by atoms with E-state index >= 15 is 0 Å². The van der Waals surface area contributed by atoms with Crippen molar-refractivity contribution in [2.45, 2.75) is 26.2 Å². The van der Waals surface area contributed by atoms with Gasteiger partial charge in [0.2, 0.25) is 5.91 Å². The van der Waals surface area contributed by atoms with Crippen molar-refractivity contribution in [2.75, 3.05) is 13.1 Å². The second-order valence-corrected chi connectivity index (χ2v) is 3.54. The van der Waals surface area contributed by atoms with E-state index in [-0.39, 0.29) is 5.91 Å². The molecule has 1 fully saturated rings. The number of carbonyl (C=O) groups is 2. The van der Waals surface area contributed by atoms with Crippen molar-refractivity contribution in [1.82, 2.24) is 4.90 Å². The maximum Gasteiger partial charge on any atom is 0.308 e. The van der Waals surface area contributed by atoms with E-state index in [4.69, 9.17) is 5.11 Å². The van der Waals surface area contributed by atoms with E-state index in [2.05, 4.69) is 0 Å². The number of hydrogen-bond acceptors (Lipinski definition) is 2. The minimum Gasteiger partial charge on any atom is -0.481 e. The highest BCUT2D eigenvalue weighted by molar-refractivity contribution is 5.78. The molecule has 74 valence electrons. The summed E-state index contributed by atoms with van der Waals surface area (Å²) in [5, 5.41) is 8.66. The van der Waals surface area contributed by atoms with Gasteiger partial charge in [-0.3, -0.25) is 9.59 Å². The number of hydrogen-bond donors (Lipinski definition) is 1. The molecule has 0 bridgehead atoms. The Labute approximate surface area is 77.5 Å². The van der Waals surface area contributed by atoms with E-state index in [0.717, 1.165) is 19.4 Å².